The minimum absolute atomic E-state index is 0.148. The van der Waals surface area contributed by atoms with Crippen LogP contribution in [-0.4, -0.2) is 45.5 Å². The van der Waals surface area contributed by atoms with Gasteiger partial charge in [-0.2, -0.15) is 0 Å². The molecule has 2 aromatic carbocycles. The Balaban J connectivity index is 1.85. The highest BCUT2D eigenvalue weighted by atomic mass is 32.2. The molecule has 1 amide bonds. The summed E-state index contributed by atoms with van der Waals surface area (Å²) in [5, 5.41) is 11.4. The Labute approximate surface area is 175 Å². The number of anilines is 1. The van der Waals surface area contributed by atoms with E-state index in [4.69, 9.17) is 4.74 Å². The van der Waals surface area contributed by atoms with Gasteiger partial charge >= 0.3 is 0 Å². The number of phenolic OH excluding ortho intramolecular Hbond substituents is 1. The zero-order chi connectivity index (χ0) is 21.6. The molecule has 2 heterocycles. The van der Waals surface area contributed by atoms with E-state index in [1.165, 1.54) is 30.3 Å². The van der Waals surface area contributed by atoms with Gasteiger partial charge in [0.1, 0.15) is 28.1 Å². The average Bonchev–Trinajstić information content (AvgIpc) is 3.05. The van der Waals surface area contributed by atoms with E-state index in [2.05, 4.69) is 4.98 Å². The molecule has 0 fully saturated rings. The van der Waals surface area contributed by atoms with Gasteiger partial charge in [0, 0.05) is 55.2 Å². The van der Waals surface area contributed by atoms with Crippen molar-refractivity contribution in [1.29, 1.82) is 0 Å². The van der Waals surface area contributed by atoms with Crippen LogP contribution in [-0.2, 0) is 24.1 Å². The predicted molar refractivity (Wildman–Crippen MR) is 112 cm³/mol. The number of rotatable bonds is 5. The fourth-order valence-electron chi connectivity index (χ4n) is 3.80. The first-order valence-electron chi connectivity index (χ1n) is 9.15. The highest BCUT2D eigenvalue weighted by Gasteiger charge is 2.36. The molecule has 1 aromatic heterocycles. The third-order valence-electron chi connectivity index (χ3n) is 5.27. The van der Waals surface area contributed by atoms with Gasteiger partial charge in [-0.15, -0.1) is 0 Å². The Morgan fingerprint density at radius 1 is 1.37 bits per heavy atom. The van der Waals surface area contributed by atoms with E-state index in [1.54, 1.807) is 35.8 Å². The number of pyridine rings is 1. The number of amides is 1. The van der Waals surface area contributed by atoms with Gasteiger partial charge < -0.3 is 14.7 Å². The summed E-state index contributed by atoms with van der Waals surface area (Å²) in [6, 6.07) is 7.63. The molecule has 156 valence electrons. The number of hydrogen-bond donors (Lipinski definition) is 1. The molecule has 9 heteroatoms. The second-order valence-electron chi connectivity index (χ2n) is 6.99. The lowest BCUT2D eigenvalue weighted by Crippen LogP contribution is -2.24. The zero-order valence-electron chi connectivity index (χ0n) is 16.7. The van der Waals surface area contributed by atoms with Crippen molar-refractivity contribution in [3.8, 4) is 11.5 Å². The molecule has 0 aliphatic carbocycles. The average molecular weight is 429 g/mol. The summed E-state index contributed by atoms with van der Waals surface area (Å²) >= 11 is 0. The molecule has 1 N–H and O–H groups in total. The summed E-state index contributed by atoms with van der Waals surface area (Å²) in [6.45, 7) is 0.364. The number of carbonyl (C=O) groups is 1. The fraction of sp³-hybridized carbons (Fsp3) is 0.238. The number of phenols is 1. The monoisotopic (exact) mass is 429 g/mol. The van der Waals surface area contributed by atoms with Crippen LogP contribution in [0, 0.1) is 5.82 Å². The first kappa shape index (κ1) is 20.1. The second-order valence-corrected chi connectivity index (χ2v) is 8.38. The maximum Gasteiger partial charge on any atom is 0.258 e. The summed E-state index contributed by atoms with van der Waals surface area (Å²) in [5.41, 5.74) is 2.23. The standard InChI is InChI=1S/C21H20FN3O4S/c1-24(30(3)28)19-14-5-4-8-23-18(14)20(26)17-15(19)11-25(21(17)27)10-12-6-7-13(22)9-16(12)29-2/h4-9,26H,10-11H2,1-3H3. The van der Waals surface area contributed by atoms with Gasteiger partial charge in [-0.05, 0) is 18.2 Å². The lowest BCUT2D eigenvalue weighted by Gasteiger charge is -2.22. The molecule has 1 unspecified atom stereocenters. The van der Waals surface area contributed by atoms with Crippen molar-refractivity contribution >= 4 is 33.5 Å². The van der Waals surface area contributed by atoms with Gasteiger partial charge in [0.25, 0.3) is 5.91 Å². The van der Waals surface area contributed by atoms with Gasteiger partial charge in [0.2, 0.25) is 0 Å². The highest BCUT2D eigenvalue weighted by Crippen LogP contribution is 2.44. The molecular formula is C21H20FN3O4S. The third kappa shape index (κ3) is 3.15. The number of benzene rings is 2. The van der Waals surface area contributed by atoms with Crippen molar-refractivity contribution in [2.24, 2.45) is 0 Å². The predicted octanol–water partition coefficient (Wildman–Crippen LogP) is 2.97. The third-order valence-corrected chi connectivity index (χ3v) is 6.23. The molecular weight excluding hydrogens is 409 g/mol. The molecule has 3 aromatic rings. The highest BCUT2D eigenvalue weighted by molar-refractivity contribution is 7.85. The number of halogens is 1. The Bertz CT molecular complexity index is 1200. The number of methoxy groups -OCH3 is 1. The van der Waals surface area contributed by atoms with E-state index in [0.29, 0.717) is 28.0 Å². The minimum Gasteiger partial charge on any atom is -0.505 e. The van der Waals surface area contributed by atoms with Gasteiger partial charge in [0.15, 0.2) is 5.75 Å². The number of fused-ring (bicyclic) bond motifs is 2. The van der Waals surface area contributed by atoms with Crippen molar-refractivity contribution in [3.05, 3.63) is 59.0 Å². The van der Waals surface area contributed by atoms with Gasteiger partial charge in [-0.3, -0.25) is 14.1 Å². The van der Waals surface area contributed by atoms with E-state index in [1.807, 2.05) is 0 Å². The zero-order valence-corrected chi connectivity index (χ0v) is 17.5. The van der Waals surface area contributed by atoms with Crippen LogP contribution in [0.15, 0.2) is 36.5 Å². The van der Waals surface area contributed by atoms with Crippen molar-refractivity contribution in [1.82, 2.24) is 9.88 Å². The molecule has 1 atom stereocenters. The number of ether oxygens (including phenoxy) is 1. The van der Waals surface area contributed by atoms with Crippen molar-refractivity contribution in [2.75, 3.05) is 24.7 Å². The first-order valence-corrected chi connectivity index (χ1v) is 10.7. The SMILES string of the molecule is COc1cc(F)ccc1CN1Cc2c(c(O)c3ncccc3c2N(C)S(C)=O)C1=O. The normalized spacial score (nSPS) is 14.1. The van der Waals surface area contributed by atoms with Gasteiger partial charge in [0.05, 0.1) is 18.4 Å². The van der Waals surface area contributed by atoms with Crippen LogP contribution >= 0.6 is 0 Å². The fourth-order valence-corrected chi connectivity index (χ4v) is 4.27. The van der Waals surface area contributed by atoms with Crippen LogP contribution in [0.25, 0.3) is 10.9 Å². The van der Waals surface area contributed by atoms with E-state index in [-0.39, 0.29) is 35.8 Å². The van der Waals surface area contributed by atoms with E-state index in [0.717, 1.165) is 0 Å². The van der Waals surface area contributed by atoms with Crippen molar-refractivity contribution < 1.29 is 23.2 Å². The lowest BCUT2D eigenvalue weighted by atomic mass is 10.0. The first-order chi connectivity index (χ1) is 14.3. The summed E-state index contributed by atoms with van der Waals surface area (Å²) in [4.78, 5) is 19.0. The summed E-state index contributed by atoms with van der Waals surface area (Å²) < 4.78 is 32.6. The largest absolute Gasteiger partial charge is 0.505 e. The maximum absolute atomic E-state index is 13.5. The molecule has 1 aliphatic heterocycles. The number of carbonyl (C=O) groups excluding carboxylic acids is 1. The van der Waals surface area contributed by atoms with Crippen molar-refractivity contribution in [3.63, 3.8) is 0 Å². The number of aromatic nitrogens is 1. The van der Waals surface area contributed by atoms with Gasteiger partial charge in [-0.25, -0.2) is 8.60 Å². The molecule has 0 saturated heterocycles. The topological polar surface area (TPSA) is 83.0 Å². The molecule has 4 rings (SSSR count). The van der Waals surface area contributed by atoms with Crippen LogP contribution < -0.4 is 9.04 Å². The molecule has 0 bridgehead atoms. The summed E-state index contributed by atoms with van der Waals surface area (Å²) in [5.74, 6) is -0.672. The lowest BCUT2D eigenvalue weighted by molar-refractivity contribution is 0.0763. The molecule has 1 aliphatic rings. The van der Waals surface area contributed by atoms with E-state index >= 15 is 0 Å². The van der Waals surface area contributed by atoms with Crippen LogP contribution in [0.1, 0.15) is 21.5 Å². The Kier molecular flexibility index (Phi) is 5.07. The summed E-state index contributed by atoms with van der Waals surface area (Å²) in [7, 11) is 1.76. The number of hydrogen-bond acceptors (Lipinski definition) is 5. The Hall–Kier alpha value is -3.20. The van der Waals surface area contributed by atoms with Crippen molar-refractivity contribution in [2.45, 2.75) is 13.1 Å². The van der Waals surface area contributed by atoms with E-state index in [9.17, 15) is 18.5 Å². The second kappa shape index (κ2) is 7.56. The molecule has 0 radical (unpaired) electrons. The summed E-state index contributed by atoms with van der Waals surface area (Å²) in [6.07, 6.45) is 3.07. The molecule has 0 spiro atoms. The van der Waals surface area contributed by atoms with Crippen LogP contribution in [0.5, 0.6) is 11.5 Å². The molecule has 0 saturated carbocycles. The van der Waals surface area contributed by atoms with E-state index < -0.39 is 16.8 Å². The molecule has 30 heavy (non-hydrogen) atoms. The minimum atomic E-state index is -1.35. The van der Waals surface area contributed by atoms with Crippen LogP contribution in [0.4, 0.5) is 10.1 Å². The number of aromatic hydroxyl groups is 1. The quantitative estimate of drug-likeness (QED) is 0.674. The Morgan fingerprint density at radius 3 is 2.83 bits per heavy atom. The van der Waals surface area contributed by atoms with Crippen LogP contribution in [0.2, 0.25) is 0 Å². The maximum atomic E-state index is 13.5. The smallest absolute Gasteiger partial charge is 0.258 e. The number of nitrogens with zero attached hydrogens (tertiary/aromatic N) is 3. The van der Waals surface area contributed by atoms with Gasteiger partial charge in [-0.1, -0.05) is 6.07 Å². The molecule has 7 nitrogen and oxygen atoms in total. The van der Waals surface area contributed by atoms with Crippen LogP contribution in [0.3, 0.4) is 0 Å². The Morgan fingerprint density at radius 2 is 2.13 bits per heavy atom.